The lowest BCUT2D eigenvalue weighted by Gasteiger charge is -2.32. The van der Waals surface area contributed by atoms with E-state index in [4.69, 9.17) is 9.47 Å². The first-order chi connectivity index (χ1) is 8.42. The van der Waals surface area contributed by atoms with E-state index >= 15 is 0 Å². The van der Waals surface area contributed by atoms with Crippen LogP contribution in [-0.4, -0.2) is 31.5 Å². The molecule has 102 valence electrons. The number of halogens is 1. The molecule has 0 bridgehead atoms. The van der Waals surface area contributed by atoms with Crippen LogP contribution in [-0.2, 0) is 11.2 Å². The standard InChI is InChI=1S/C14H21BrO3/c1-10(2)14(16,9-17-3)8-11-7-12(18-4)5-6-13(11)15/h5-7,10,16H,8-9H2,1-4H3. The Kier molecular flexibility index (Phi) is 5.63. The zero-order chi connectivity index (χ0) is 13.8. The molecule has 0 spiro atoms. The Morgan fingerprint density at radius 2 is 2.00 bits per heavy atom. The molecule has 1 aromatic carbocycles. The fraction of sp³-hybridized carbons (Fsp3) is 0.571. The molecule has 0 aromatic heterocycles. The average molecular weight is 317 g/mol. The number of aliphatic hydroxyl groups is 1. The Morgan fingerprint density at radius 3 is 2.50 bits per heavy atom. The molecule has 3 nitrogen and oxygen atoms in total. The summed E-state index contributed by atoms with van der Waals surface area (Å²) in [4.78, 5) is 0. The normalized spacial score (nSPS) is 14.6. The van der Waals surface area contributed by atoms with Crippen molar-refractivity contribution in [1.82, 2.24) is 0 Å². The van der Waals surface area contributed by atoms with Crippen molar-refractivity contribution in [2.45, 2.75) is 25.9 Å². The lowest BCUT2D eigenvalue weighted by molar-refractivity contribution is -0.0638. The van der Waals surface area contributed by atoms with Gasteiger partial charge in [-0.2, -0.15) is 0 Å². The Labute approximate surface area is 117 Å². The summed E-state index contributed by atoms with van der Waals surface area (Å²) in [5.74, 6) is 0.896. The second-order valence-corrected chi connectivity index (χ2v) is 5.68. The van der Waals surface area contributed by atoms with E-state index in [2.05, 4.69) is 15.9 Å². The number of ether oxygens (including phenoxy) is 2. The van der Waals surface area contributed by atoms with E-state index in [1.165, 1.54) is 0 Å². The molecule has 0 aliphatic carbocycles. The first kappa shape index (κ1) is 15.5. The van der Waals surface area contributed by atoms with Crippen molar-refractivity contribution in [3.8, 4) is 5.75 Å². The molecule has 0 radical (unpaired) electrons. The monoisotopic (exact) mass is 316 g/mol. The van der Waals surface area contributed by atoms with Crippen LogP contribution >= 0.6 is 15.9 Å². The average Bonchev–Trinajstić information content (AvgIpc) is 2.32. The SMILES string of the molecule is COCC(O)(Cc1cc(OC)ccc1Br)C(C)C. The maximum Gasteiger partial charge on any atom is 0.119 e. The third-order valence-corrected chi connectivity index (χ3v) is 3.99. The van der Waals surface area contributed by atoms with Crippen LogP contribution in [0, 0.1) is 5.92 Å². The third kappa shape index (κ3) is 3.70. The molecule has 4 heteroatoms. The van der Waals surface area contributed by atoms with Gasteiger partial charge in [0.1, 0.15) is 5.75 Å². The van der Waals surface area contributed by atoms with Crippen molar-refractivity contribution in [3.63, 3.8) is 0 Å². The predicted octanol–water partition coefficient (Wildman–Crippen LogP) is 3.03. The maximum absolute atomic E-state index is 10.6. The highest BCUT2D eigenvalue weighted by atomic mass is 79.9. The van der Waals surface area contributed by atoms with Crippen LogP contribution in [0.1, 0.15) is 19.4 Å². The fourth-order valence-electron chi connectivity index (χ4n) is 1.82. The van der Waals surface area contributed by atoms with E-state index in [9.17, 15) is 5.11 Å². The molecular weight excluding hydrogens is 296 g/mol. The van der Waals surface area contributed by atoms with Crippen LogP contribution in [0.15, 0.2) is 22.7 Å². The first-order valence-electron chi connectivity index (χ1n) is 5.96. The first-order valence-corrected chi connectivity index (χ1v) is 6.76. The van der Waals surface area contributed by atoms with Gasteiger partial charge in [-0.3, -0.25) is 0 Å². The van der Waals surface area contributed by atoms with Crippen molar-refractivity contribution in [2.24, 2.45) is 5.92 Å². The topological polar surface area (TPSA) is 38.7 Å². The highest BCUT2D eigenvalue weighted by molar-refractivity contribution is 9.10. The van der Waals surface area contributed by atoms with E-state index < -0.39 is 5.60 Å². The van der Waals surface area contributed by atoms with Gasteiger partial charge in [0.05, 0.1) is 19.3 Å². The predicted molar refractivity (Wildman–Crippen MR) is 76.1 cm³/mol. The van der Waals surface area contributed by atoms with Crippen LogP contribution in [0.3, 0.4) is 0 Å². The molecule has 0 aliphatic heterocycles. The third-order valence-electron chi connectivity index (χ3n) is 3.22. The number of hydrogen-bond donors (Lipinski definition) is 1. The Bertz CT molecular complexity index is 393. The smallest absolute Gasteiger partial charge is 0.119 e. The molecule has 1 unspecified atom stereocenters. The van der Waals surface area contributed by atoms with E-state index in [1.807, 2.05) is 32.0 Å². The maximum atomic E-state index is 10.6. The highest BCUT2D eigenvalue weighted by Crippen LogP contribution is 2.29. The summed E-state index contributed by atoms with van der Waals surface area (Å²) in [5, 5.41) is 10.6. The van der Waals surface area contributed by atoms with Gasteiger partial charge in [-0.05, 0) is 29.7 Å². The molecule has 0 heterocycles. The molecule has 18 heavy (non-hydrogen) atoms. The minimum absolute atomic E-state index is 0.107. The van der Waals surface area contributed by atoms with Crippen LogP contribution < -0.4 is 4.74 Å². The van der Waals surface area contributed by atoms with Crippen molar-refractivity contribution < 1.29 is 14.6 Å². The van der Waals surface area contributed by atoms with Gasteiger partial charge in [0, 0.05) is 18.0 Å². The van der Waals surface area contributed by atoms with Crippen LogP contribution in [0.4, 0.5) is 0 Å². The second-order valence-electron chi connectivity index (χ2n) is 4.83. The van der Waals surface area contributed by atoms with Gasteiger partial charge in [-0.25, -0.2) is 0 Å². The van der Waals surface area contributed by atoms with Crippen molar-refractivity contribution in [2.75, 3.05) is 20.8 Å². The van der Waals surface area contributed by atoms with Gasteiger partial charge in [-0.1, -0.05) is 29.8 Å². The Hall–Kier alpha value is -0.580. The molecule has 0 amide bonds. The molecule has 1 aromatic rings. The summed E-state index contributed by atoms with van der Waals surface area (Å²) < 4.78 is 11.3. The lowest BCUT2D eigenvalue weighted by atomic mass is 9.85. The van der Waals surface area contributed by atoms with Gasteiger partial charge in [0.15, 0.2) is 0 Å². The van der Waals surface area contributed by atoms with Crippen molar-refractivity contribution >= 4 is 15.9 Å². The van der Waals surface area contributed by atoms with Crippen molar-refractivity contribution in [1.29, 1.82) is 0 Å². The molecule has 0 fully saturated rings. The largest absolute Gasteiger partial charge is 0.497 e. The summed E-state index contributed by atoms with van der Waals surface area (Å²) in [7, 11) is 3.24. The summed E-state index contributed by atoms with van der Waals surface area (Å²) in [6.45, 7) is 4.30. The molecular formula is C14H21BrO3. The number of benzene rings is 1. The van der Waals surface area contributed by atoms with E-state index in [0.29, 0.717) is 13.0 Å². The molecule has 0 aliphatic rings. The Morgan fingerprint density at radius 1 is 1.33 bits per heavy atom. The molecule has 1 atom stereocenters. The van der Waals surface area contributed by atoms with Crippen LogP contribution in [0.5, 0.6) is 5.75 Å². The number of rotatable bonds is 6. The minimum atomic E-state index is -0.871. The van der Waals surface area contributed by atoms with Gasteiger partial charge >= 0.3 is 0 Å². The number of methoxy groups -OCH3 is 2. The van der Waals surface area contributed by atoms with E-state index in [1.54, 1.807) is 14.2 Å². The highest BCUT2D eigenvalue weighted by Gasteiger charge is 2.32. The quantitative estimate of drug-likeness (QED) is 0.876. The zero-order valence-corrected chi connectivity index (χ0v) is 13.0. The molecule has 0 saturated heterocycles. The van der Waals surface area contributed by atoms with Gasteiger partial charge < -0.3 is 14.6 Å². The second kappa shape index (κ2) is 6.55. The summed E-state index contributed by atoms with van der Waals surface area (Å²) in [6.07, 6.45) is 0.524. The van der Waals surface area contributed by atoms with Gasteiger partial charge in [-0.15, -0.1) is 0 Å². The summed E-state index contributed by atoms with van der Waals surface area (Å²) >= 11 is 3.51. The van der Waals surface area contributed by atoms with E-state index in [0.717, 1.165) is 15.8 Å². The number of hydrogen-bond acceptors (Lipinski definition) is 3. The van der Waals surface area contributed by atoms with Crippen LogP contribution in [0.2, 0.25) is 0 Å². The van der Waals surface area contributed by atoms with E-state index in [-0.39, 0.29) is 5.92 Å². The summed E-state index contributed by atoms with van der Waals surface area (Å²) in [5.41, 5.74) is 0.145. The molecule has 1 N–H and O–H groups in total. The van der Waals surface area contributed by atoms with Crippen LogP contribution in [0.25, 0.3) is 0 Å². The van der Waals surface area contributed by atoms with Gasteiger partial charge in [0.2, 0.25) is 0 Å². The zero-order valence-electron chi connectivity index (χ0n) is 11.4. The minimum Gasteiger partial charge on any atom is -0.497 e. The van der Waals surface area contributed by atoms with Gasteiger partial charge in [0.25, 0.3) is 0 Å². The fourth-order valence-corrected chi connectivity index (χ4v) is 2.20. The molecule has 1 rings (SSSR count). The Balaban J connectivity index is 3.00. The van der Waals surface area contributed by atoms with Crippen molar-refractivity contribution in [3.05, 3.63) is 28.2 Å². The lowest BCUT2D eigenvalue weighted by Crippen LogP contribution is -2.42. The molecule has 0 saturated carbocycles. The summed E-state index contributed by atoms with van der Waals surface area (Å²) in [6, 6.07) is 5.76.